The van der Waals surface area contributed by atoms with E-state index in [-0.39, 0.29) is 5.91 Å². The summed E-state index contributed by atoms with van der Waals surface area (Å²) in [6.45, 7) is 4.52. The number of aromatic nitrogens is 1. The van der Waals surface area contributed by atoms with E-state index in [2.05, 4.69) is 20.5 Å². The molecule has 2 heterocycles. The van der Waals surface area contributed by atoms with Crippen molar-refractivity contribution in [3.05, 3.63) is 48.2 Å². The predicted octanol–water partition coefficient (Wildman–Crippen LogP) is 2.62. The smallest absolute Gasteiger partial charge is 0.257 e. The van der Waals surface area contributed by atoms with Crippen LogP contribution in [-0.2, 0) is 9.47 Å². The van der Waals surface area contributed by atoms with Gasteiger partial charge in [0.2, 0.25) is 0 Å². The fourth-order valence-electron chi connectivity index (χ4n) is 2.92. The summed E-state index contributed by atoms with van der Waals surface area (Å²) in [5, 5.41) is 6.21. The molecular formula is C20H26N4O3. The van der Waals surface area contributed by atoms with Crippen LogP contribution in [0.15, 0.2) is 42.6 Å². The molecule has 0 atom stereocenters. The highest BCUT2D eigenvalue weighted by Crippen LogP contribution is 2.26. The molecule has 0 unspecified atom stereocenters. The van der Waals surface area contributed by atoms with Crippen molar-refractivity contribution in [1.29, 1.82) is 0 Å². The summed E-state index contributed by atoms with van der Waals surface area (Å²) >= 11 is 0. The zero-order valence-electron chi connectivity index (χ0n) is 15.6. The average molecular weight is 370 g/mol. The van der Waals surface area contributed by atoms with Crippen LogP contribution in [0.3, 0.4) is 0 Å². The molecule has 1 saturated heterocycles. The Kier molecular flexibility index (Phi) is 7.01. The number of hydrogen-bond acceptors (Lipinski definition) is 6. The number of carbonyl (C=O) groups is 1. The number of nitrogens with zero attached hydrogens (tertiary/aromatic N) is 2. The molecule has 2 N–H and O–H groups in total. The van der Waals surface area contributed by atoms with Crippen LogP contribution in [0.4, 0.5) is 17.2 Å². The van der Waals surface area contributed by atoms with Crippen LogP contribution in [0.25, 0.3) is 0 Å². The van der Waals surface area contributed by atoms with Crippen molar-refractivity contribution in [2.75, 3.05) is 62.1 Å². The van der Waals surface area contributed by atoms with E-state index in [1.165, 1.54) is 0 Å². The van der Waals surface area contributed by atoms with Gasteiger partial charge in [0.05, 0.1) is 30.2 Å². The van der Waals surface area contributed by atoms with E-state index in [0.29, 0.717) is 25.4 Å². The molecule has 1 aromatic carbocycles. The van der Waals surface area contributed by atoms with E-state index in [0.717, 1.165) is 43.2 Å². The highest BCUT2D eigenvalue weighted by Gasteiger charge is 2.16. The Labute approximate surface area is 159 Å². The van der Waals surface area contributed by atoms with Crippen molar-refractivity contribution in [3.63, 3.8) is 0 Å². The third-order valence-corrected chi connectivity index (χ3v) is 4.36. The third kappa shape index (κ3) is 5.42. The van der Waals surface area contributed by atoms with E-state index in [9.17, 15) is 4.79 Å². The first-order chi connectivity index (χ1) is 13.3. The van der Waals surface area contributed by atoms with E-state index < -0.39 is 0 Å². The minimum atomic E-state index is -0.172. The molecular weight excluding hydrogens is 344 g/mol. The lowest BCUT2D eigenvalue weighted by atomic mass is 10.2. The van der Waals surface area contributed by atoms with Crippen LogP contribution in [-0.4, -0.2) is 57.5 Å². The molecule has 1 aliphatic heterocycles. The Hall–Kier alpha value is -2.64. The summed E-state index contributed by atoms with van der Waals surface area (Å²) in [5.41, 5.74) is 2.33. The highest BCUT2D eigenvalue weighted by atomic mass is 16.5. The summed E-state index contributed by atoms with van der Waals surface area (Å²) in [5.74, 6) is 0.575. The Morgan fingerprint density at radius 2 is 2.04 bits per heavy atom. The molecule has 1 aliphatic rings. The van der Waals surface area contributed by atoms with Crippen molar-refractivity contribution in [1.82, 2.24) is 4.98 Å². The lowest BCUT2D eigenvalue weighted by molar-refractivity contribution is 0.102. The largest absolute Gasteiger partial charge is 0.385 e. The quantitative estimate of drug-likeness (QED) is 0.696. The van der Waals surface area contributed by atoms with Gasteiger partial charge in [-0.25, -0.2) is 4.98 Å². The molecule has 2 aromatic rings. The van der Waals surface area contributed by atoms with Crippen LogP contribution in [0, 0.1) is 0 Å². The van der Waals surface area contributed by atoms with Crippen molar-refractivity contribution >= 4 is 23.1 Å². The highest BCUT2D eigenvalue weighted by molar-refractivity contribution is 6.05. The van der Waals surface area contributed by atoms with Crippen LogP contribution < -0.4 is 15.5 Å². The van der Waals surface area contributed by atoms with Gasteiger partial charge in [-0.05, 0) is 30.7 Å². The van der Waals surface area contributed by atoms with Gasteiger partial charge >= 0.3 is 0 Å². The van der Waals surface area contributed by atoms with Crippen molar-refractivity contribution in [3.8, 4) is 0 Å². The van der Waals surface area contributed by atoms with Gasteiger partial charge < -0.3 is 25.0 Å². The number of nitrogens with one attached hydrogen (secondary N) is 2. The topological polar surface area (TPSA) is 75.7 Å². The molecule has 3 rings (SSSR count). The fraction of sp³-hybridized carbons (Fsp3) is 0.400. The van der Waals surface area contributed by atoms with Gasteiger partial charge in [-0.2, -0.15) is 0 Å². The van der Waals surface area contributed by atoms with Gasteiger partial charge in [-0.15, -0.1) is 0 Å². The third-order valence-electron chi connectivity index (χ3n) is 4.36. The molecule has 0 radical (unpaired) electrons. The summed E-state index contributed by atoms with van der Waals surface area (Å²) < 4.78 is 10.4. The Morgan fingerprint density at radius 1 is 1.22 bits per heavy atom. The lowest BCUT2D eigenvalue weighted by Gasteiger charge is -2.30. The average Bonchev–Trinajstić information content (AvgIpc) is 2.73. The van der Waals surface area contributed by atoms with Gasteiger partial charge in [0.15, 0.2) is 0 Å². The Balaban J connectivity index is 1.62. The maximum Gasteiger partial charge on any atom is 0.257 e. The number of carbonyl (C=O) groups excluding carboxylic acids is 1. The van der Waals surface area contributed by atoms with Crippen molar-refractivity contribution < 1.29 is 14.3 Å². The first-order valence-corrected chi connectivity index (χ1v) is 9.20. The van der Waals surface area contributed by atoms with Gasteiger partial charge in [0.25, 0.3) is 5.91 Å². The van der Waals surface area contributed by atoms with Gasteiger partial charge in [-0.3, -0.25) is 4.79 Å². The van der Waals surface area contributed by atoms with Crippen LogP contribution in [0.1, 0.15) is 16.8 Å². The predicted molar refractivity (Wildman–Crippen MR) is 107 cm³/mol. The number of ether oxygens (including phenoxy) is 2. The molecule has 7 nitrogen and oxygen atoms in total. The number of pyridine rings is 1. The molecule has 1 fully saturated rings. The number of anilines is 3. The van der Waals surface area contributed by atoms with Gasteiger partial charge in [0, 0.05) is 39.5 Å². The SMILES string of the molecule is COCCCNc1ccc(C(=O)Nc2ccccc2N2CCOCC2)cn1. The molecule has 1 aromatic heterocycles. The normalized spacial score (nSPS) is 14.0. The monoisotopic (exact) mass is 370 g/mol. The molecule has 0 spiro atoms. The number of rotatable bonds is 8. The first kappa shape index (κ1) is 19.1. The zero-order chi connectivity index (χ0) is 18.9. The molecule has 0 saturated carbocycles. The number of morpholine rings is 1. The zero-order valence-corrected chi connectivity index (χ0v) is 15.6. The van der Waals surface area contributed by atoms with Gasteiger partial charge in [-0.1, -0.05) is 12.1 Å². The Bertz CT molecular complexity index is 730. The van der Waals surface area contributed by atoms with E-state index in [1.54, 1.807) is 19.4 Å². The summed E-state index contributed by atoms with van der Waals surface area (Å²) in [7, 11) is 1.68. The standard InChI is InChI=1S/C20H26N4O3/c1-26-12-4-9-21-19-8-7-16(15-22-19)20(25)23-17-5-2-3-6-18(17)24-10-13-27-14-11-24/h2-3,5-8,15H,4,9-14H2,1H3,(H,21,22)(H,23,25). The maximum absolute atomic E-state index is 12.6. The number of para-hydroxylation sites is 2. The summed E-state index contributed by atoms with van der Waals surface area (Å²) in [6.07, 6.45) is 2.49. The molecule has 0 bridgehead atoms. The summed E-state index contributed by atoms with van der Waals surface area (Å²) in [4.78, 5) is 19.2. The number of methoxy groups -OCH3 is 1. The maximum atomic E-state index is 12.6. The second-order valence-corrected chi connectivity index (χ2v) is 6.28. The number of benzene rings is 1. The molecule has 0 aliphatic carbocycles. The first-order valence-electron chi connectivity index (χ1n) is 9.20. The van der Waals surface area contributed by atoms with E-state index >= 15 is 0 Å². The number of amides is 1. The van der Waals surface area contributed by atoms with E-state index in [1.807, 2.05) is 30.3 Å². The molecule has 27 heavy (non-hydrogen) atoms. The van der Waals surface area contributed by atoms with Crippen molar-refractivity contribution in [2.45, 2.75) is 6.42 Å². The van der Waals surface area contributed by atoms with Crippen LogP contribution in [0.5, 0.6) is 0 Å². The minimum Gasteiger partial charge on any atom is -0.385 e. The second-order valence-electron chi connectivity index (χ2n) is 6.28. The molecule has 144 valence electrons. The second kappa shape index (κ2) is 9.89. The van der Waals surface area contributed by atoms with Crippen molar-refractivity contribution in [2.24, 2.45) is 0 Å². The molecule has 1 amide bonds. The minimum absolute atomic E-state index is 0.172. The van der Waals surface area contributed by atoms with Crippen LogP contribution in [0.2, 0.25) is 0 Å². The molecule has 7 heteroatoms. The lowest BCUT2D eigenvalue weighted by Crippen LogP contribution is -2.36. The summed E-state index contributed by atoms with van der Waals surface area (Å²) in [6, 6.07) is 11.4. The van der Waals surface area contributed by atoms with Gasteiger partial charge in [0.1, 0.15) is 5.82 Å². The number of hydrogen-bond donors (Lipinski definition) is 2. The van der Waals surface area contributed by atoms with Crippen LogP contribution >= 0.6 is 0 Å². The van der Waals surface area contributed by atoms with E-state index in [4.69, 9.17) is 9.47 Å². The fourth-order valence-corrected chi connectivity index (χ4v) is 2.92. The Morgan fingerprint density at radius 3 is 2.78 bits per heavy atom.